The van der Waals surface area contributed by atoms with E-state index in [1.54, 1.807) is 6.08 Å². The highest BCUT2D eigenvalue weighted by Crippen LogP contribution is 2.19. The van der Waals surface area contributed by atoms with Crippen LogP contribution in [0.15, 0.2) is 47.2 Å². The lowest BCUT2D eigenvalue weighted by Crippen LogP contribution is -2.17. The summed E-state index contributed by atoms with van der Waals surface area (Å²) in [5.41, 5.74) is 13.2. The zero-order valence-electron chi connectivity index (χ0n) is 8.27. The van der Waals surface area contributed by atoms with Gasteiger partial charge >= 0.3 is 0 Å². The zero-order valence-corrected chi connectivity index (χ0v) is 8.27. The summed E-state index contributed by atoms with van der Waals surface area (Å²) in [5.74, 6) is 0. The molecule has 0 spiro atoms. The fraction of sp³-hybridized carbons (Fsp3) is 0.273. The molecule has 0 bridgehead atoms. The standard InChI is InChI=1S/C11H16N2O/c1-2-8-4-3-5-9(11(8)14)6-10(13)7-12/h2-6,11,14H,7,12-13H2,1H3. The van der Waals surface area contributed by atoms with Crippen LogP contribution < -0.4 is 11.5 Å². The predicted molar refractivity (Wildman–Crippen MR) is 58.3 cm³/mol. The minimum Gasteiger partial charge on any atom is -0.401 e. The molecule has 14 heavy (non-hydrogen) atoms. The second kappa shape index (κ2) is 4.79. The van der Waals surface area contributed by atoms with Crippen molar-refractivity contribution < 1.29 is 5.11 Å². The molecule has 0 heterocycles. The van der Waals surface area contributed by atoms with Gasteiger partial charge in [-0.05, 0) is 24.1 Å². The molecule has 0 radical (unpaired) electrons. The number of allylic oxidation sites excluding steroid dienone is 3. The minimum atomic E-state index is -0.588. The van der Waals surface area contributed by atoms with Crippen LogP contribution in [0.2, 0.25) is 0 Å². The number of aliphatic hydroxyl groups excluding tert-OH is 1. The third-order valence-corrected chi connectivity index (χ3v) is 2.13. The molecule has 76 valence electrons. The van der Waals surface area contributed by atoms with Crippen molar-refractivity contribution in [2.24, 2.45) is 11.5 Å². The van der Waals surface area contributed by atoms with Crippen LogP contribution >= 0.6 is 0 Å². The monoisotopic (exact) mass is 192 g/mol. The first kappa shape index (κ1) is 10.8. The summed E-state index contributed by atoms with van der Waals surface area (Å²) in [6.07, 6.45) is 8.60. The Hall–Kier alpha value is -1.32. The smallest absolute Gasteiger partial charge is 0.104 e. The first-order valence-corrected chi connectivity index (χ1v) is 4.57. The highest BCUT2D eigenvalue weighted by molar-refractivity contribution is 5.44. The highest BCUT2D eigenvalue weighted by Gasteiger charge is 2.14. The van der Waals surface area contributed by atoms with Crippen molar-refractivity contribution in [2.45, 2.75) is 13.0 Å². The molecule has 0 aromatic heterocycles. The average molecular weight is 192 g/mol. The van der Waals surface area contributed by atoms with Gasteiger partial charge in [-0.25, -0.2) is 0 Å². The van der Waals surface area contributed by atoms with E-state index in [1.807, 2.05) is 31.2 Å². The Bertz CT molecular complexity index is 324. The Kier molecular flexibility index (Phi) is 3.68. The first-order valence-electron chi connectivity index (χ1n) is 4.57. The normalized spacial score (nSPS) is 25.4. The Morgan fingerprint density at radius 2 is 2.36 bits per heavy atom. The molecular weight excluding hydrogens is 176 g/mol. The largest absolute Gasteiger partial charge is 0.401 e. The quantitative estimate of drug-likeness (QED) is 0.599. The van der Waals surface area contributed by atoms with Gasteiger partial charge in [-0.1, -0.05) is 24.3 Å². The molecule has 0 fully saturated rings. The van der Waals surface area contributed by atoms with Gasteiger partial charge in [0.15, 0.2) is 0 Å². The van der Waals surface area contributed by atoms with Gasteiger partial charge < -0.3 is 16.6 Å². The number of hydrogen-bond donors (Lipinski definition) is 3. The van der Waals surface area contributed by atoms with Crippen LogP contribution in [0.1, 0.15) is 6.92 Å². The van der Waals surface area contributed by atoms with Gasteiger partial charge in [0.1, 0.15) is 6.10 Å². The van der Waals surface area contributed by atoms with Crippen molar-refractivity contribution in [1.82, 2.24) is 0 Å². The Morgan fingerprint density at radius 3 is 2.93 bits per heavy atom. The molecule has 0 aromatic rings. The highest BCUT2D eigenvalue weighted by atomic mass is 16.3. The summed E-state index contributed by atoms with van der Waals surface area (Å²) >= 11 is 0. The van der Waals surface area contributed by atoms with E-state index >= 15 is 0 Å². The molecule has 1 aliphatic rings. The second-order valence-electron chi connectivity index (χ2n) is 3.14. The molecule has 0 saturated heterocycles. The Morgan fingerprint density at radius 1 is 1.64 bits per heavy atom. The van der Waals surface area contributed by atoms with E-state index in [9.17, 15) is 5.11 Å². The van der Waals surface area contributed by atoms with E-state index in [2.05, 4.69) is 0 Å². The van der Waals surface area contributed by atoms with Crippen molar-refractivity contribution >= 4 is 0 Å². The van der Waals surface area contributed by atoms with E-state index in [4.69, 9.17) is 11.5 Å². The number of hydrogen-bond acceptors (Lipinski definition) is 3. The van der Waals surface area contributed by atoms with Crippen LogP contribution in [0.4, 0.5) is 0 Å². The maximum atomic E-state index is 9.84. The molecule has 0 saturated carbocycles. The summed E-state index contributed by atoms with van der Waals surface area (Å²) in [4.78, 5) is 0. The first-order chi connectivity index (χ1) is 6.69. The van der Waals surface area contributed by atoms with Gasteiger partial charge in [-0.2, -0.15) is 0 Å². The minimum absolute atomic E-state index is 0.305. The molecule has 0 amide bonds. The molecule has 1 unspecified atom stereocenters. The van der Waals surface area contributed by atoms with Crippen molar-refractivity contribution in [2.75, 3.05) is 6.54 Å². The fourth-order valence-corrected chi connectivity index (χ4v) is 1.30. The summed E-state index contributed by atoms with van der Waals surface area (Å²) in [7, 11) is 0. The summed E-state index contributed by atoms with van der Waals surface area (Å²) < 4.78 is 0. The molecule has 3 heteroatoms. The lowest BCUT2D eigenvalue weighted by Gasteiger charge is -2.16. The maximum absolute atomic E-state index is 9.84. The molecule has 1 aliphatic carbocycles. The van der Waals surface area contributed by atoms with Crippen LogP contribution in [0, 0.1) is 0 Å². The van der Waals surface area contributed by atoms with E-state index in [1.165, 1.54) is 0 Å². The van der Waals surface area contributed by atoms with Gasteiger partial charge in [0, 0.05) is 12.2 Å². The van der Waals surface area contributed by atoms with Crippen molar-refractivity contribution in [3.05, 3.63) is 47.2 Å². The lowest BCUT2D eigenvalue weighted by atomic mass is 9.95. The fourth-order valence-electron chi connectivity index (χ4n) is 1.30. The van der Waals surface area contributed by atoms with Gasteiger partial charge in [0.05, 0.1) is 0 Å². The van der Waals surface area contributed by atoms with E-state index in [0.29, 0.717) is 12.2 Å². The van der Waals surface area contributed by atoms with E-state index in [0.717, 1.165) is 11.1 Å². The zero-order chi connectivity index (χ0) is 10.6. The number of aliphatic hydroxyl groups is 1. The van der Waals surface area contributed by atoms with Crippen molar-refractivity contribution in [3.8, 4) is 0 Å². The van der Waals surface area contributed by atoms with Gasteiger partial charge in [0.2, 0.25) is 0 Å². The summed E-state index contributed by atoms with van der Waals surface area (Å²) in [5, 5.41) is 9.84. The predicted octanol–water partition coefficient (Wildman–Crippen LogP) is 0.591. The number of rotatable bonds is 2. The molecule has 3 nitrogen and oxygen atoms in total. The van der Waals surface area contributed by atoms with Crippen LogP contribution in [-0.2, 0) is 0 Å². The van der Waals surface area contributed by atoms with Crippen molar-refractivity contribution in [1.29, 1.82) is 0 Å². The third-order valence-electron chi connectivity index (χ3n) is 2.13. The lowest BCUT2D eigenvalue weighted by molar-refractivity contribution is 0.253. The van der Waals surface area contributed by atoms with Crippen LogP contribution in [0.25, 0.3) is 0 Å². The van der Waals surface area contributed by atoms with Crippen LogP contribution in [0.3, 0.4) is 0 Å². The Labute approximate surface area is 84.1 Å². The summed E-state index contributed by atoms with van der Waals surface area (Å²) in [6.45, 7) is 2.20. The maximum Gasteiger partial charge on any atom is 0.104 e. The molecule has 0 aliphatic heterocycles. The second-order valence-corrected chi connectivity index (χ2v) is 3.14. The van der Waals surface area contributed by atoms with Gasteiger partial charge in [0.25, 0.3) is 0 Å². The molecule has 0 aromatic carbocycles. The molecular formula is C11H16N2O. The van der Waals surface area contributed by atoms with Crippen molar-refractivity contribution in [3.63, 3.8) is 0 Å². The molecule has 1 rings (SSSR count). The number of nitrogens with two attached hydrogens (primary N) is 2. The van der Waals surface area contributed by atoms with E-state index < -0.39 is 6.10 Å². The topological polar surface area (TPSA) is 72.3 Å². The van der Waals surface area contributed by atoms with E-state index in [-0.39, 0.29) is 0 Å². The van der Waals surface area contributed by atoms with Crippen LogP contribution in [-0.4, -0.2) is 17.8 Å². The molecule has 1 atom stereocenters. The van der Waals surface area contributed by atoms with Crippen LogP contribution in [0.5, 0.6) is 0 Å². The third kappa shape index (κ3) is 2.34. The van der Waals surface area contributed by atoms with Gasteiger partial charge in [-0.15, -0.1) is 0 Å². The summed E-state index contributed by atoms with van der Waals surface area (Å²) in [6, 6.07) is 0. The Balaban J connectivity index is 2.91. The average Bonchev–Trinajstić information content (AvgIpc) is 2.21. The SMILES string of the molecule is CC=C1C=CC=C(C=C(N)CN)C1O. The molecule has 5 N–H and O–H groups in total. The van der Waals surface area contributed by atoms with Gasteiger partial charge in [-0.3, -0.25) is 0 Å².